The number of fused-ring (bicyclic) bond motifs is 1. The van der Waals surface area contributed by atoms with E-state index in [1.54, 1.807) is 0 Å². The largest absolute Gasteiger partial charge is 0.454 e. The van der Waals surface area contributed by atoms with Crippen molar-refractivity contribution in [2.24, 2.45) is 4.99 Å². The average molecular weight is 552 g/mol. The molecule has 2 aromatic rings. The number of pyridine rings is 1. The van der Waals surface area contributed by atoms with Gasteiger partial charge in [-0.25, -0.2) is 9.98 Å². The molecule has 0 spiro atoms. The molecule has 0 amide bonds. The van der Waals surface area contributed by atoms with E-state index in [1.165, 1.54) is 5.56 Å². The molecule has 8 nitrogen and oxygen atoms in total. The van der Waals surface area contributed by atoms with E-state index in [1.807, 2.05) is 24.4 Å². The minimum atomic E-state index is 0. The standard InChI is InChI=1S/C23H32N6O2.HI/c1-3-24-23(26-15-18-5-6-20-21(13-18)31-17-30-20)27-16-19-7-8-25-22(14-19)29-11-9-28(4-2)10-12-29;/h5-8,13-14H,3-4,9-12,15-17H2,1-2H3,(H2,24,26,27);1H. The van der Waals surface area contributed by atoms with Gasteiger partial charge in [0.15, 0.2) is 17.5 Å². The molecule has 32 heavy (non-hydrogen) atoms. The highest BCUT2D eigenvalue weighted by Crippen LogP contribution is 2.32. The van der Waals surface area contributed by atoms with Gasteiger partial charge in [-0.1, -0.05) is 13.0 Å². The third kappa shape index (κ3) is 6.38. The van der Waals surface area contributed by atoms with Crippen LogP contribution in [0.15, 0.2) is 41.5 Å². The molecule has 0 atom stereocenters. The second kappa shape index (κ2) is 12.1. The lowest BCUT2D eigenvalue weighted by Gasteiger charge is -2.34. The van der Waals surface area contributed by atoms with Gasteiger partial charge in [0.05, 0.1) is 6.54 Å². The number of hydrogen-bond acceptors (Lipinski definition) is 6. The van der Waals surface area contributed by atoms with Gasteiger partial charge in [0.25, 0.3) is 0 Å². The van der Waals surface area contributed by atoms with E-state index in [0.29, 0.717) is 13.1 Å². The van der Waals surface area contributed by atoms with Crippen LogP contribution in [0.3, 0.4) is 0 Å². The fourth-order valence-corrected chi connectivity index (χ4v) is 3.77. The van der Waals surface area contributed by atoms with Gasteiger partial charge in [-0.15, -0.1) is 24.0 Å². The zero-order chi connectivity index (χ0) is 21.5. The number of halogens is 1. The molecule has 0 unspecified atom stereocenters. The molecule has 1 aromatic heterocycles. The Kier molecular flexibility index (Phi) is 9.22. The lowest BCUT2D eigenvalue weighted by atomic mass is 10.2. The number of piperazine rings is 1. The molecule has 2 N–H and O–H groups in total. The number of aromatic nitrogens is 1. The smallest absolute Gasteiger partial charge is 0.231 e. The van der Waals surface area contributed by atoms with Gasteiger partial charge >= 0.3 is 0 Å². The van der Waals surface area contributed by atoms with E-state index in [9.17, 15) is 0 Å². The number of hydrogen-bond donors (Lipinski definition) is 2. The fraction of sp³-hybridized carbons (Fsp3) is 0.478. The van der Waals surface area contributed by atoms with Crippen LogP contribution in [-0.4, -0.2) is 61.9 Å². The summed E-state index contributed by atoms with van der Waals surface area (Å²) in [7, 11) is 0. The van der Waals surface area contributed by atoms with Gasteiger partial charge in [-0.05, 0) is 48.9 Å². The van der Waals surface area contributed by atoms with E-state index in [-0.39, 0.29) is 30.8 Å². The zero-order valence-corrected chi connectivity index (χ0v) is 21.2. The first kappa shape index (κ1) is 24.4. The Morgan fingerprint density at radius 1 is 1.00 bits per heavy atom. The Hall–Kier alpha value is -2.27. The Morgan fingerprint density at radius 3 is 2.59 bits per heavy atom. The third-order valence-electron chi connectivity index (χ3n) is 5.61. The van der Waals surface area contributed by atoms with Gasteiger partial charge in [-0.2, -0.15) is 0 Å². The SMILES string of the molecule is CCNC(=NCc1ccc2c(c1)OCO2)NCc1ccnc(N2CCN(CC)CC2)c1.I. The molecule has 174 valence electrons. The van der Waals surface area contributed by atoms with Crippen LogP contribution in [0.1, 0.15) is 25.0 Å². The molecule has 0 saturated carbocycles. The summed E-state index contributed by atoms with van der Waals surface area (Å²) < 4.78 is 10.8. The highest BCUT2D eigenvalue weighted by molar-refractivity contribution is 14.0. The third-order valence-corrected chi connectivity index (χ3v) is 5.61. The van der Waals surface area contributed by atoms with Crippen LogP contribution in [0.25, 0.3) is 0 Å². The molecule has 0 aliphatic carbocycles. The van der Waals surface area contributed by atoms with E-state index in [4.69, 9.17) is 14.5 Å². The van der Waals surface area contributed by atoms with Crippen molar-refractivity contribution in [2.45, 2.75) is 26.9 Å². The second-order valence-corrected chi connectivity index (χ2v) is 7.68. The summed E-state index contributed by atoms with van der Waals surface area (Å²) >= 11 is 0. The zero-order valence-electron chi connectivity index (χ0n) is 18.8. The average Bonchev–Trinajstić information content (AvgIpc) is 3.29. The predicted molar refractivity (Wildman–Crippen MR) is 138 cm³/mol. The van der Waals surface area contributed by atoms with Crippen molar-refractivity contribution < 1.29 is 9.47 Å². The van der Waals surface area contributed by atoms with Gasteiger partial charge in [0.1, 0.15) is 5.82 Å². The summed E-state index contributed by atoms with van der Waals surface area (Å²) in [5.74, 6) is 3.42. The van der Waals surface area contributed by atoms with Crippen LogP contribution in [0, 0.1) is 0 Å². The van der Waals surface area contributed by atoms with E-state index < -0.39 is 0 Å². The second-order valence-electron chi connectivity index (χ2n) is 7.68. The van der Waals surface area contributed by atoms with Gasteiger partial charge in [0, 0.05) is 45.5 Å². The summed E-state index contributed by atoms with van der Waals surface area (Å²) in [5, 5.41) is 6.75. The number of nitrogens with one attached hydrogen (secondary N) is 2. The molecule has 9 heteroatoms. The minimum absolute atomic E-state index is 0. The van der Waals surface area contributed by atoms with E-state index in [2.05, 4.69) is 51.4 Å². The molecule has 2 aliphatic heterocycles. The first-order chi connectivity index (χ1) is 15.2. The quantitative estimate of drug-likeness (QED) is 0.311. The highest BCUT2D eigenvalue weighted by Gasteiger charge is 2.17. The van der Waals surface area contributed by atoms with E-state index in [0.717, 1.165) is 68.1 Å². The molecule has 0 bridgehead atoms. The van der Waals surface area contributed by atoms with Crippen molar-refractivity contribution in [2.75, 3.05) is 51.0 Å². The van der Waals surface area contributed by atoms with Crippen LogP contribution in [0.4, 0.5) is 5.82 Å². The molecule has 2 aliphatic rings. The van der Waals surface area contributed by atoms with Crippen molar-refractivity contribution in [1.29, 1.82) is 0 Å². The number of guanidine groups is 1. The summed E-state index contributed by atoms with van der Waals surface area (Å²) in [6.07, 6.45) is 1.90. The number of likely N-dealkylation sites (N-methyl/N-ethyl adjacent to an activating group) is 1. The summed E-state index contributed by atoms with van der Waals surface area (Å²) in [6.45, 7) is 12.0. The minimum Gasteiger partial charge on any atom is -0.454 e. The van der Waals surface area contributed by atoms with Gasteiger partial charge in [-0.3, -0.25) is 0 Å². The fourth-order valence-electron chi connectivity index (χ4n) is 3.77. The molecule has 3 heterocycles. The topological polar surface area (TPSA) is 74.2 Å². The van der Waals surface area contributed by atoms with Crippen molar-refractivity contribution >= 4 is 35.8 Å². The maximum absolute atomic E-state index is 5.46. The molecular weight excluding hydrogens is 519 g/mol. The van der Waals surface area contributed by atoms with Gasteiger partial charge in [0.2, 0.25) is 6.79 Å². The molecule has 0 radical (unpaired) electrons. The predicted octanol–water partition coefficient (Wildman–Crippen LogP) is 2.83. The maximum Gasteiger partial charge on any atom is 0.231 e. The van der Waals surface area contributed by atoms with E-state index >= 15 is 0 Å². The number of anilines is 1. The number of rotatable bonds is 7. The Labute approximate surface area is 207 Å². The van der Waals surface area contributed by atoms with Crippen LogP contribution < -0.4 is 25.0 Å². The summed E-state index contributed by atoms with van der Waals surface area (Å²) in [6, 6.07) is 10.2. The molecule has 1 saturated heterocycles. The first-order valence-corrected chi connectivity index (χ1v) is 11.1. The van der Waals surface area contributed by atoms with Crippen LogP contribution >= 0.6 is 24.0 Å². The molecule has 4 rings (SSSR count). The van der Waals surface area contributed by atoms with Gasteiger partial charge < -0.3 is 29.9 Å². The lowest BCUT2D eigenvalue weighted by Crippen LogP contribution is -2.46. The summed E-state index contributed by atoms with van der Waals surface area (Å²) in [4.78, 5) is 14.2. The number of aliphatic imine (C=N–C) groups is 1. The number of benzene rings is 1. The van der Waals surface area contributed by atoms with Crippen molar-refractivity contribution in [3.8, 4) is 11.5 Å². The Bertz CT molecular complexity index is 902. The van der Waals surface area contributed by atoms with Crippen molar-refractivity contribution in [1.82, 2.24) is 20.5 Å². The summed E-state index contributed by atoms with van der Waals surface area (Å²) in [5.41, 5.74) is 2.27. The van der Waals surface area contributed by atoms with Crippen LogP contribution in [0.5, 0.6) is 11.5 Å². The molecule has 1 aromatic carbocycles. The Morgan fingerprint density at radius 2 is 1.81 bits per heavy atom. The first-order valence-electron chi connectivity index (χ1n) is 11.1. The normalized spacial score (nSPS) is 15.9. The van der Waals surface area contributed by atoms with Crippen LogP contribution in [-0.2, 0) is 13.1 Å². The maximum atomic E-state index is 5.46. The highest BCUT2D eigenvalue weighted by atomic mass is 127. The lowest BCUT2D eigenvalue weighted by molar-refractivity contribution is 0.174. The molecular formula is C23H33IN6O2. The van der Waals surface area contributed by atoms with Crippen molar-refractivity contribution in [3.63, 3.8) is 0 Å². The van der Waals surface area contributed by atoms with Crippen molar-refractivity contribution in [3.05, 3.63) is 47.7 Å². The Balaban J connectivity index is 0.00000289. The van der Waals surface area contributed by atoms with Crippen LogP contribution in [0.2, 0.25) is 0 Å². The number of nitrogens with zero attached hydrogens (tertiary/aromatic N) is 4. The monoisotopic (exact) mass is 552 g/mol. The molecule has 1 fully saturated rings. The number of ether oxygens (including phenoxy) is 2.